The van der Waals surface area contributed by atoms with Crippen molar-refractivity contribution in [3.8, 4) is 22.8 Å². The van der Waals surface area contributed by atoms with Crippen LogP contribution in [0.2, 0.25) is 0 Å². The lowest BCUT2D eigenvalue weighted by Gasteiger charge is -2.27. The summed E-state index contributed by atoms with van der Waals surface area (Å²) in [5.41, 5.74) is 9.06. The molecule has 202 valence electrons. The molecule has 0 radical (unpaired) electrons. The first-order chi connectivity index (χ1) is 18.0. The Morgan fingerprint density at radius 2 is 1.76 bits per heavy atom. The van der Waals surface area contributed by atoms with Crippen molar-refractivity contribution in [3.05, 3.63) is 77.0 Å². The van der Waals surface area contributed by atoms with E-state index in [-0.39, 0.29) is 37.9 Å². The maximum atomic E-state index is 13.2. The number of aryl methyl sites for hydroxylation is 1. The Balaban J connectivity index is 1.55. The third kappa shape index (κ3) is 6.98. The second-order valence-corrected chi connectivity index (χ2v) is 11.0. The number of hydrogen-bond donors (Lipinski definition) is 3. The highest BCUT2D eigenvalue weighted by atomic mass is 16.5. The lowest BCUT2D eigenvalue weighted by molar-refractivity contribution is 0.0396. The van der Waals surface area contributed by atoms with Crippen LogP contribution in [-0.4, -0.2) is 40.3 Å². The maximum Gasteiger partial charge on any atom is 0.163 e. The molecular weight excluding hydrogens is 480 g/mol. The summed E-state index contributed by atoms with van der Waals surface area (Å²) < 4.78 is 11.5. The molecule has 38 heavy (non-hydrogen) atoms. The molecule has 0 bridgehead atoms. The highest BCUT2D eigenvalue weighted by Gasteiger charge is 2.30. The topological polar surface area (TPSA) is 115 Å². The van der Waals surface area contributed by atoms with Gasteiger partial charge in [0.1, 0.15) is 12.2 Å². The van der Waals surface area contributed by atoms with Gasteiger partial charge in [-0.2, -0.15) is 0 Å². The van der Waals surface area contributed by atoms with Gasteiger partial charge in [-0.3, -0.25) is 4.79 Å². The summed E-state index contributed by atoms with van der Waals surface area (Å²) in [6.07, 6.45) is 2.37. The van der Waals surface area contributed by atoms with Crippen LogP contribution >= 0.6 is 0 Å². The molecule has 1 aliphatic carbocycles. The van der Waals surface area contributed by atoms with Gasteiger partial charge in [-0.15, -0.1) is 0 Å². The number of Topliss-reactive ketones (excluding diaryl/α,β-unsaturated/α-hetero) is 1. The normalized spacial score (nSPS) is 15.1. The molecule has 1 heterocycles. The number of ether oxygens (including phenoxy) is 2. The summed E-state index contributed by atoms with van der Waals surface area (Å²) in [5, 5.41) is 20.6. The Labute approximate surface area is 224 Å². The van der Waals surface area contributed by atoms with Crippen molar-refractivity contribution in [2.45, 2.75) is 70.6 Å². The van der Waals surface area contributed by atoms with Gasteiger partial charge in [0.05, 0.1) is 24.1 Å². The van der Waals surface area contributed by atoms with Crippen LogP contribution < -0.4 is 15.2 Å². The van der Waals surface area contributed by atoms with E-state index in [0.717, 1.165) is 35.2 Å². The number of benzene rings is 2. The lowest BCUT2D eigenvalue weighted by atomic mass is 9.88. The monoisotopic (exact) mass is 518 g/mol. The first-order valence-corrected chi connectivity index (χ1v) is 13.2. The second kappa shape index (κ2) is 11.2. The van der Waals surface area contributed by atoms with Crippen LogP contribution in [0, 0.1) is 6.92 Å². The summed E-state index contributed by atoms with van der Waals surface area (Å²) in [5.74, 6) is 0.887. The van der Waals surface area contributed by atoms with Gasteiger partial charge in [-0.1, -0.05) is 29.8 Å². The summed E-state index contributed by atoms with van der Waals surface area (Å²) in [6.45, 7) is 7.58. The zero-order valence-electron chi connectivity index (χ0n) is 22.7. The molecule has 3 aromatic rings. The van der Waals surface area contributed by atoms with E-state index in [1.165, 1.54) is 0 Å². The quantitative estimate of drug-likeness (QED) is 0.288. The Kier molecular flexibility index (Phi) is 8.21. The standard InChI is InChI=1S/C31H38N2O5/c1-20-5-7-21(8-6-20)25-18-23(30(2,3)32)19-29(33-25)31(4,36)14-13-26(35)22-9-12-27(37-16-15-34)28(17-22)38-24-10-11-24/h5-9,12,17-19,24,34,36H,10-11,13-16,32H2,1-4H3. The van der Waals surface area contributed by atoms with Gasteiger partial charge in [0.15, 0.2) is 17.3 Å². The fraction of sp³-hybridized carbons (Fsp3) is 0.419. The number of aliphatic hydroxyl groups is 2. The zero-order chi connectivity index (χ0) is 27.5. The predicted octanol–water partition coefficient (Wildman–Crippen LogP) is 5.03. The van der Waals surface area contributed by atoms with Gasteiger partial charge in [-0.05, 0) is 82.9 Å². The number of pyridine rings is 1. The average Bonchev–Trinajstić information content (AvgIpc) is 3.70. The highest BCUT2D eigenvalue weighted by molar-refractivity contribution is 5.96. The molecule has 1 aliphatic rings. The molecule has 0 amide bonds. The molecular formula is C31H38N2O5. The number of aliphatic hydroxyl groups excluding tert-OH is 1. The van der Waals surface area contributed by atoms with Crippen LogP contribution in [0.25, 0.3) is 11.3 Å². The molecule has 0 saturated heterocycles. The Morgan fingerprint density at radius 1 is 1.05 bits per heavy atom. The third-order valence-electron chi connectivity index (χ3n) is 6.74. The average molecular weight is 519 g/mol. The number of hydrogen-bond acceptors (Lipinski definition) is 7. The van der Waals surface area contributed by atoms with E-state index >= 15 is 0 Å². The van der Waals surface area contributed by atoms with Crippen LogP contribution in [0.3, 0.4) is 0 Å². The van der Waals surface area contributed by atoms with Crippen molar-refractivity contribution < 1.29 is 24.5 Å². The van der Waals surface area contributed by atoms with E-state index in [2.05, 4.69) is 0 Å². The number of nitrogens with zero attached hydrogens (tertiary/aromatic N) is 1. The number of aromatic nitrogens is 1. The van der Waals surface area contributed by atoms with Gasteiger partial charge in [-0.25, -0.2) is 4.98 Å². The molecule has 1 aromatic heterocycles. The largest absolute Gasteiger partial charge is 0.487 e. The van der Waals surface area contributed by atoms with Crippen molar-refractivity contribution in [1.29, 1.82) is 0 Å². The van der Waals surface area contributed by atoms with Gasteiger partial charge >= 0.3 is 0 Å². The van der Waals surface area contributed by atoms with Crippen LogP contribution in [0.1, 0.15) is 73.6 Å². The molecule has 1 atom stereocenters. The molecule has 0 spiro atoms. The fourth-order valence-electron chi connectivity index (χ4n) is 4.09. The van der Waals surface area contributed by atoms with Gasteiger partial charge in [0, 0.05) is 23.1 Å². The molecule has 4 rings (SSSR count). The Bertz CT molecular complexity index is 1270. The van der Waals surface area contributed by atoms with Crippen LogP contribution in [0.5, 0.6) is 11.5 Å². The van der Waals surface area contributed by atoms with E-state index in [4.69, 9.17) is 25.3 Å². The minimum absolute atomic E-state index is 0.110. The number of rotatable bonds is 12. The molecule has 1 fully saturated rings. The van der Waals surface area contributed by atoms with Crippen LogP contribution in [0.4, 0.5) is 0 Å². The van der Waals surface area contributed by atoms with Crippen molar-refractivity contribution in [2.75, 3.05) is 13.2 Å². The van der Waals surface area contributed by atoms with Crippen molar-refractivity contribution in [1.82, 2.24) is 4.98 Å². The summed E-state index contributed by atoms with van der Waals surface area (Å²) >= 11 is 0. The number of ketones is 1. The molecule has 1 saturated carbocycles. The zero-order valence-corrected chi connectivity index (χ0v) is 22.7. The minimum Gasteiger partial charge on any atom is -0.487 e. The van der Waals surface area contributed by atoms with Crippen molar-refractivity contribution >= 4 is 5.78 Å². The smallest absolute Gasteiger partial charge is 0.163 e. The molecule has 7 nitrogen and oxygen atoms in total. The summed E-state index contributed by atoms with van der Waals surface area (Å²) in [7, 11) is 0. The molecule has 4 N–H and O–H groups in total. The summed E-state index contributed by atoms with van der Waals surface area (Å²) in [4.78, 5) is 17.9. The van der Waals surface area contributed by atoms with Gasteiger partial charge < -0.3 is 25.4 Å². The SMILES string of the molecule is Cc1ccc(-c2cc(C(C)(C)N)cc(C(C)(O)CCC(=O)c3ccc(OCCO)c(OC4CC4)c3)n2)cc1. The summed E-state index contributed by atoms with van der Waals surface area (Å²) in [6, 6.07) is 16.9. The third-order valence-corrected chi connectivity index (χ3v) is 6.74. The van der Waals surface area contributed by atoms with E-state index < -0.39 is 11.1 Å². The number of carbonyl (C=O) groups is 1. The van der Waals surface area contributed by atoms with Crippen LogP contribution in [-0.2, 0) is 11.1 Å². The highest BCUT2D eigenvalue weighted by Crippen LogP contribution is 2.36. The van der Waals surface area contributed by atoms with Crippen LogP contribution in [0.15, 0.2) is 54.6 Å². The predicted molar refractivity (Wildman–Crippen MR) is 147 cm³/mol. The lowest BCUT2D eigenvalue weighted by Crippen LogP contribution is -2.31. The maximum absolute atomic E-state index is 13.2. The molecule has 7 heteroatoms. The Hall–Kier alpha value is -3.26. The van der Waals surface area contributed by atoms with Crippen molar-refractivity contribution in [3.63, 3.8) is 0 Å². The number of carbonyl (C=O) groups excluding carboxylic acids is 1. The number of nitrogens with two attached hydrogens (primary N) is 1. The van der Waals surface area contributed by atoms with Crippen molar-refractivity contribution in [2.24, 2.45) is 5.73 Å². The van der Waals surface area contributed by atoms with E-state index in [0.29, 0.717) is 22.8 Å². The molecule has 2 aromatic carbocycles. The fourth-order valence-corrected chi connectivity index (χ4v) is 4.09. The second-order valence-electron chi connectivity index (χ2n) is 11.0. The van der Waals surface area contributed by atoms with E-state index in [1.807, 2.05) is 57.2 Å². The first kappa shape index (κ1) is 27.8. The van der Waals surface area contributed by atoms with E-state index in [9.17, 15) is 9.90 Å². The minimum atomic E-state index is -1.35. The Morgan fingerprint density at radius 3 is 2.39 bits per heavy atom. The first-order valence-electron chi connectivity index (χ1n) is 13.2. The van der Waals surface area contributed by atoms with E-state index in [1.54, 1.807) is 25.1 Å². The van der Waals surface area contributed by atoms with Gasteiger partial charge in [0.25, 0.3) is 0 Å². The van der Waals surface area contributed by atoms with Gasteiger partial charge in [0.2, 0.25) is 0 Å². The molecule has 1 unspecified atom stereocenters. The molecule has 0 aliphatic heterocycles.